The molecular formula is C15H14Cl2N2O3. The van der Waals surface area contributed by atoms with Crippen LogP contribution >= 0.6 is 23.2 Å². The van der Waals surface area contributed by atoms with Crippen molar-refractivity contribution in [2.75, 3.05) is 0 Å². The predicted octanol–water partition coefficient (Wildman–Crippen LogP) is 2.92. The van der Waals surface area contributed by atoms with Crippen molar-refractivity contribution in [3.05, 3.63) is 57.8 Å². The van der Waals surface area contributed by atoms with Crippen molar-refractivity contribution < 1.29 is 14.6 Å². The van der Waals surface area contributed by atoms with E-state index in [9.17, 15) is 4.79 Å². The van der Waals surface area contributed by atoms with E-state index in [0.717, 1.165) is 5.56 Å². The van der Waals surface area contributed by atoms with Crippen LogP contribution in [0.2, 0.25) is 10.0 Å². The van der Waals surface area contributed by atoms with Gasteiger partial charge in [-0.2, -0.15) is 0 Å². The Morgan fingerprint density at radius 3 is 2.36 bits per heavy atom. The van der Waals surface area contributed by atoms with Crippen molar-refractivity contribution in [2.45, 2.75) is 19.1 Å². The first-order valence-electron chi connectivity index (χ1n) is 6.45. The molecule has 2 aromatic rings. The zero-order valence-electron chi connectivity index (χ0n) is 11.5. The van der Waals surface area contributed by atoms with Crippen LogP contribution < -0.4 is 10.5 Å². The fourth-order valence-electron chi connectivity index (χ4n) is 1.79. The fraction of sp³-hybridized carbons (Fsp3) is 0.200. The summed E-state index contributed by atoms with van der Waals surface area (Å²) in [6, 6.07) is 6.11. The third-order valence-corrected chi connectivity index (χ3v) is 3.68. The molecule has 1 unspecified atom stereocenters. The molecule has 22 heavy (non-hydrogen) atoms. The standard InChI is InChI=1S/C15H14Cl2N2O3/c16-12-6-19-7-13(17)11(12)8-22-10-3-1-9(2-4-10)5-14(18)15(20)21/h1-4,6-7,14H,5,8,18H2,(H,20,21). The van der Waals surface area contributed by atoms with Gasteiger partial charge in [-0.3, -0.25) is 9.78 Å². The molecule has 1 atom stereocenters. The molecule has 0 spiro atoms. The second-order valence-corrected chi connectivity index (χ2v) is 5.48. The highest BCUT2D eigenvalue weighted by atomic mass is 35.5. The Morgan fingerprint density at radius 1 is 1.23 bits per heavy atom. The Kier molecular flexibility index (Phi) is 5.60. The quantitative estimate of drug-likeness (QED) is 0.844. The van der Waals surface area contributed by atoms with Gasteiger partial charge in [-0.15, -0.1) is 0 Å². The maximum atomic E-state index is 10.7. The van der Waals surface area contributed by atoms with Crippen LogP contribution in [0.5, 0.6) is 5.75 Å². The molecular weight excluding hydrogens is 327 g/mol. The lowest BCUT2D eigenvalue weighted by atomic mass is 10.1. The number of nitrogens with two attached hydrogens (primary N) is 1. The smallest absolute Gasteiger partial charge is 0.320 e. The second-order valence-electron chi connectivity index (χ2n) is 4.66. The molecule has 0 aliphatic carbocycles. The van der Waals surface area contributed by atoms with Gasteiger partial charge in [-0.25, -0.2) is 0 Å². The highest BCUT2D eigenvalue weighted by molar-refractivity contribution is 6.35. The molecule has 116 valence electrons. The van der Waals surface area contributed by atoms with E-state index in [0.29, 0.717) is 21.4 Å². The average molecular weight is 341 g/mol. The summed E-state index contributed by atoms with van der Waals surface area (Å²) in [7, 11) is 0. The van der Waals surface area contributed by atoms with Crippen molar-refractivity contribution in [3.8, 4) is 5.75 Å². The minimum absolute atomic E-state index is 0.216. The van der Waals surface area contributed by atoms with Gasteiger partial charge >= 0.3 is 5.97 Å². The number of ether oxygens (including phenoxy) is 1. The van der Waals surface area contributed by atoms with E-state index < -0.39 is 12.0 Å². The number of hydrogen-bond donors (Lipinski definition) is 2. The largest absolute Gasteiger partial charge is 0.489 e. The molecule has 5 nitrogen and oxygen atoms in total. The van der Waals surface area contributed by atoms with Crippen LogP contribution in [-0.4, -0.2) is 22.1 Å². The van der Waals surface area contributed by atoms with E-state index in [1.54, 1.807) is 24.3 Å². The van der Waals surface area contributed by atoms with Gasteiger partial charge in [-0.05, 0) is 24.1 Å². The summed E-state index contributed by atoms with van der Waals surface area (Å²) < 4.78 is 5.62. The summed E-state index contributed by atoms with van der Waals surface area (Å²) in [5.74, 6) is -0.404. The number of carboxylic acid groups (broad SMARTS) is 1. The maximum Gasteiger partial charge on any atom is 0.320 e. The second kappa shape index (κ2) is 7.45. The van der Waals surface area contributed by atoms with E-state index in [4.69, 9.17) is 38.8 Å². The van der Waals surface area contributed by atoms with Gasteiger partial charge < -0.3 is 15.6 Å². The summed E-state index contributed by atoms with van der Waals surface area (Å²) in [5, 5.41) is 9.66. The molecule has 3 N–H and O–H groups in total. The predicted molar refractivity (Wildman–Crippen MR) is 84.3 cm³/mol. The molecule has 0 amide bonds. The van der Waals surface area contributed by atoms with Crippen molar-refractivity contribution >= 4 is 29.2 Å². The lowest BCUT2D eigenvalue weighted by Gasteiger charge is -2.10. The first kappa shape index (κ1) is 16.5. The molecule has 0 saturated heterocycles. The van der Waals surface area contributed by atoms with Gasteiger partial charge in [0, 0.05) is 18.0 Å². The summed E-state index contributed by atoms with van der Waals surface area (Å²) in [6.07, 6.45) is 3.27. The zero-order valence-corrected chi connectivity index (χ0v) is 13.0. The molecule has 0 saturated carbocycles. The minimum atomic E-state index is -1.03. The molecule has 1 heterocycles. The van der Waals surface area contributed by atoms with E-state index in [-0.39, 0.29) is 13.0 Å². The van der Waals surface area contributed by atoms with Gasteiger partial charge in [0.1, 0.15) is 18.4 Å². The van der Waals surface area contributed by atoms with Crippen LogP contribution in [0.15, 0.2) is 36.7 Å². The Balaban J connectivity index is 1.98. The SMILES string of the molecule is NC(Cc1ccc(OCc2c(Cl)cncc2Cl)cc1)C(=O)O. The minimum Gasteiger partial charge on any atom is -0.489 e. The molecule has 0 aliphatic heterocycles. The maximum absolute atomic E-state index is 10.7. The Morgan fingerprint density at radius 2 is 1.82 bits per heavy atom. The summed E-state index contributed by atoms with van der Waals surface area (Å²) in [5.41, 5.74) is 6.97. The van der Waals surface area contributed by atoms with Gasteiger partial charge in [-0.1, -0.05) is 35.3 Å². The number of carbonyl (C=O) groups is 1. The van der Waals surface area contributed by atoms with Crippen molar-refractivity contribution in [2.24, 2.45) is 5.73 Å². The van der Waals surface area contributed by atoms with Crippen molar-refractivity contribution in [1.82, 2.24) is 4.98 Å². The summed E-state index contributed by atoms with van der Waals surface area (Å²) in [6.45, 7) is 0.216. The number of nitrogens with zero attached hydrogens (tertiary/aromatic N) is 1. The van der Waals surface area contributed by atoms with Crippen LogP contribution in [0.3, 0.4) is 0 Å². The molecule has 0 bridgehead atoms. The van der Waals surface area contributed by atoms with Gasteiger partial charge in [0.25, 0.3) is 0 Å². The van der Waals surface area contributed by atoms with Crippen LogP contribution in [0.1, 0.15) is 11.1 Å². The lowest BCUT2D eigenvalue weighted by molar-refractivity contribution is -0.138. The van der Waals surface area contributed by atoms with E-state index in [1.807, 2.05) is 0 Å². The molecule has 0 aliphatic rings. The van der Waals surface area contributed by atoms with E-state index >= 15 is 0 Å². The first-order chi connectivity index (χ1) is 10.5. The van der Waals surface area contributed by atoms with Gasteiger partial charge in [0.05, 0.1) is 10.0 Å². The normalized spacial score (nSPS) is 12.0. The van der Waals surface area contributed by atoms with E-state index in [2.05, 4.69) is 4.98 Å². The highest BCUT2D eigenvalue weighted by Gasteiger charge is 2.12. The third kappa shape index (κ3) is 4.34. The van der Waals surface area contributed by atoms with Crippen LogP contribution in [-0.2, 0) is 17.8 Å². The molecule has 7 heteroatoms. The topological polar surface area (TPSA) is 85.4 Å². The molecule has 1 aromatic heterocycles. The van der Waals surface area contributed by atoms with Crippen molar-refractivity contribution in [1.29, 1.82) is 0 Å². The highest BCUT2D eigenvalue weighted by Crippen LogP contribution is 2.24. The van der Waals surface area contributed by atoms with Crippen LogP contribution in [0, 0.1) is 0 Å². The van der Waals surface area contributed by atoms with Gasteiger partial charge in [0.2, 0.25) is 0 Å². The number of rotatable bonds is 6. The monoisotopic (exact) mass is 340 g/mol. The number of hydrogen-bond acceptors (Lipinski definition) is 4. The summed E-state index contributed by atoms with van der Waals surface area (Å²) in [4.78, 5) is 14.6. The fourth-order valence-corrected chi connectivity index (χ4v) is 2.27. The Hall–Kier alpha value is -1.82. The van der Waals surface area contributed by atoms with Crippen LogP contribution in [0.25, 0.3) is 0 Å². The van der Waals surface area contributed by atoms with Gasteiger partial charge in [0.15, 0.2) is 0 Å². The number of carboxylic acids is 1. The average Bonchev–Trinajstić information content (AvgIpc) is 2.48. The van der Waals surface area contributed by atoms with Crippen molar-refractivity contribution in [3.63, 3.8) is 0 Å². The molecule has 1 aromatic carbocycles. The number of benzene rings is 1. The van der Waals surface area contributed by atoms with E-state index in [1.165, 1.54) is 12.4 Å². The molecule has 2 rings (SSSR count). The summed E-state index contributed by atoms with van der Waals surface area (Å²) >= 11 is 12.0. The lowest BCUT2D eigenvalue weighted by Crippen LogP contribution is -2.32. The number of aliphatic carboxylic acids is 1. The first-order valence-corrected chi connectivity index (χ1v) is 7.21. The number of halogens is 2. The Bertz CT molecular complexity index is 642. The molecule has 0 fully saturated rings. The molecule has 0 radical (unpaired) electrons. The Labute approximate surface area is 137 Å². The third-order valence-electron chi connectivity index (χ3n) is 3.03. The number of aromatic nitrogens is 1. The van der Waals surface area contributed by atoms with Crippen LogP contribution in [0.4, 0.5) is 0 Å². The number of pyridine rings is 1. The zero-order chi connectivity index (χ0) is 16.1.